The number of nitrogens with one attached hydrogen (secondary N) is 1. The summed E-state index contributed by atoms with van der Waals surface area (Å²) in [4.78, 5) is 40.3. The molecule has 10 heteroatoms. The number of fused-ring (bicyclic) bond motifs is 3. The number of piperazine rings is 1. The van der Waals surface area contributed by atoms with Gasteiger partial charge in [-0.05, 0) is 55.9 Å². The zero-order valence-electron chi connectivity index (χ0n) is 23.3. The smallest absolute Gasteiger partial charge is 0.407 e. The van der Waals surface area contributed by atoms with Crippen LogP contribution in [0.25, 0.3) is 11.1 Å². The molecule has 216 valence electrons. The monoisotopic (exact) mass is 553 g/mol. The molecular weight excluding hydrogens is 514 g/mol. The molecule has 1 heterocycles. The van der Waals surface area contributed by atoms with Gasteiger partial charge in [-0.1, -0.05) is 48.5 Å². The fraction of sp³-hybridized carbons (Fsp3) is 0.500. The molecule has 1 unspecified atom stereocenters. The lowest BCUT2D eigenvalue weighted by Gasteiger charge is -2.37. The van der Waals surface area contributed by atoms with Crippen molar-refractivity contribution in [3.63, 3.8) is 0 Å². The fourth-order valence-corrected chi connectivity index (χ4v) is 5.31. The summed E-state index contributed by atoms with van der Waals surface area (Å²) in [5.74, 6) is -1.61. The molecule has 1 aliphatic heterocycles. The molecule has 4 rings (SSSR count). The third-order valence-corrected chi connectivity index (χ3v) is 7.25. The van der Waals surface area contributed by atoms with Crippen molar-refractivity contribution in [3.05, 3.63) is 59.7 Å². The predicted molar refractivity (Wildman–Crippen MR) is 149 cm³/mol. The van der Waals surface area contributed by atoms with E-state index in [1.807, 2.05) is 79.1 Å². The quantitative estimate of drug-likeness (QED) is 0.380. The highest BCUT2D eigenvalue weighted by molar-refractivity contribution is 5.81. The van der Waals surface area contributed by atoms with Crippen molar-refractivity contribution in [1.29, 1.82) is 0 Å². The number of carboxylic acid groups (broad SMARTS) is 1. The van der Waals surface area contributed by atoms with Gasteiger partial charge in [0.05, 0.1) is 6.54 Å². The molecule has 2 aromatic rings. The number of alkyl carbamates (subject to hydrolysis) is 1. The second kappa shape index (κ2) is 12.8. The summed E-state index contributed by atoms with van der Waals surface area (Å²) in [5.41, 5.74) is 3.82. The molecule has 0 bridgehead atoms. The van der Waals surface area contributed by atoms with E-state index in [0.29, 0.717) is 26.2 Å². The first kappa shape index (κ1) is 29.5. The molecule has 1 aliphatic carbocycles. The first-order valence-electron chi connectivity index (χ1n) is 13.7. The Hall–Kier alpha value is -3.47. The molecule has 0 spiro atoms. The van der Waals surface area contributed by atoms with Crippen molar-refractivity contribution < 1.29 is 34.1 Å². The number of ether oxygens (including phenoxy) is 2. The first-order chi connectivity index (χ1) is 19.0. The van der Waals surface area contributed by atoms with Crippen molar-refractivity contribution in [2.75, 3.05) is 39.3 Å². The number of nitrogens with zero attached hydrogens (tertiary/aromatic N) is 2. The number of carboxylic acids is 1. The highest BCUT2D eigenvalue weighted by Gasteiger charge is 2.31. The molecule has 1 saturated heterocycles. The number of aliphatic hydroxyl groups excluding tert-OH is 1. The average molecular weight is 554 g/mol. The van der Waals surface area contributed by atoms with Gasteiger partial charge in [-0.25, -0.2) is 9.59 Å². The van der Waals surface area contributed by atoms with Gasteiger partial charge in [-0.15, -0.1) is 0 Å². The van der Waals surface area contributed by atoms with Crippen molar-refractivity contribution in [2.45, 2.75) is 57.4 Å². The van der Waals surface area contributed by atoms with E-state index in [0.717, 1.165) is 22.3 Å². The Balaban J connectivity index is 1.22. The summed E-state index contributed by atoms with van der Waals surface area (Å²) in [6.45, 7) is 7.97. The van der Waals surface area contributed by atoms with E-state index < -0.39 is 29.9 Å². The molecule has 0 aromatic heterocycles. The van der Waals surface area contributed by atoms with Crippen LogP contribution in [0.5, 0.6) is 0 Å². The van der Waals surface area contributed by atoms with Crippen molar-refractivity contribution >= 4 is 18.0 Å². The molecule has 40 heavy (non-hydrogen) atoms. The lowest BCUT2D eigenvalue weighted by Crippen LogP contribution is -2.52. The number of aliphatic carboxylic acids is 1. The largest absolute Gasteiger partial charge is 0.480 e. The Labute approximate surface area is 234 Å². The normalized spacial score (nSPS) is 17.4. The molecule has 1 amide bonds. The van der Waals surface area contributed by atoms with Crippen LogP contribution in [0.4, 0.5) is 4.79 Å². The van der Waals surface area contributed by atoms with Crippen LogP contribution in [0, 0.1) is 0 Å². The van der Waals surface area contributed by atoms with Gasteiger partial charge >= 0.3 is 18.0 Å². The number of amides is 1. The van der Waals surface area contributed by atoms with Crippen molar-refractivity contribution in [2.24, 2.45) is 0 Å². The molecule has 2 aromatic carbocycles. The molecule has 1 fully saturated rings. The maximum atomic E-state index is 12.6. The number of carbonyl (C=O) groups excluding carboxylic acids is 2. The minimum Gasteiger partial charge on any atom is -0.480 e. The van der Waals surface area contributed by atoms with Crippen LogP contribution in [-0.2, 0) is 19.1 Å². The number of rotatable bonds is 10. The summed E-state index contributed by atoms with van der Waals surface area (Å²) in [5, 5.41) is 22.8. The molecule has 0 radical (unpaired) electrons. The number of hydrogen-bond acceptors (Lipinski definition) is 8. The van der Waals surface area contributed by atoms with Crippen LogP contribution in [-0.4, -0.2) is 95.2 Å². The molecule has 2 atom stereocenters. The van der Waals surface area contributed by atoms with Crippen LogP contribution in [0.3, 0.4) is 0 Å². The maximum absolute atomic E-state index is 12.6. The minimum atomic E-state index is -1.20. The predicted octanol–water partition coefficient (Wildman–Crippen LogP) is 3.04. The molecular formula is C30H39N3O7. The Morgan fingerprint density at radius 1 is 0.950 bits per heavy atom. The second-order valence-corrected chi connectivity index (χ2v) is 11.3. The van der Waals surface area contributed by atoms with E-state index in [4.69, 9.17) is 9.47 Å². The highest BCUT2D eigenvalue weighted by Crippen LogP contribution is 2.44. The van der Waals surface area contributed by atoms with Gasteiger partial charge in [-0.2, -0.15) is 0 Å². The summed E-state index contributed by atoms with van der Waals surface area (Å²) >= 11 is 0. The fourth-order valence-electron chi connectivity index (χ4n) is 5.31. The van der Waals surface area contributed by atoms with Gasteiger partial charge in [0.1, 0.15) is 24.5 Å². The zero-order chi connectivity index (χ0) is 28.9. The lowest BCUT2D eigenvalue weighted by atomic mass is 9.98. The molecule has 2 aliphatic rings. The number of carbonyl (C=O) groups is 3. The topological polar surface area (TPSA) is 129 Å². The van der Waals surface area contributed by atoms with Gasteiger partial charge in [0, 0.05) is 32.1 Å². The van der Waals surface area contributed by atoms with Crippen LogP contribution in [0.15, 0.2) is 48.5 Å². The summed E-state index contributed by atoms with van der Waals surface area (Å²) in [6.07, 6.45) is -1.47. The van der Waals surface area contributed by atoms with Crippen molar-refractivity contribution in [1.82, 2.24) is 15.1 Å². The van der Waals surface area contributed by atoms with Crippen LogP contribution < -0.4 is 5.32 Å². The third kappa shape index (κ3) is 7.59. The van der Waals surface area contributed by atoms with E-state index in [2.05, 4.69) is 5.32 Å². The van der Waals surface area contributed by atoms with Gasteiger partial charge in [0.15, 0.2) is 0 Å². The molecule has 0 saturated carbocycles. The minimum absolute atomic E-state index is 0.0405. The first-order valence-corrected chi connectivity index (χ1v) is 13.7. The Morgan fingerprint density at radius 3 is 2.08 bits per heavy atom. The van der Waals surface area contributed by atoms with E-state index in [-0.39, 0.29) is 37.9 Å². The molecule has 3 N–H and O–H groups in total. The van der Waals surface area contributed by atoms with Crippen molar-refractivity contribution in [3.8, 4) is 11.1 Å². The summed E-state index contributed by atoms with van der Waals surface area (Å²) in [6, 6.07) is 14.8. The third-order valence-electron chi connectivity index (χ3n) is 7.25. The standard InChI is InChI=1S/C30H39N3O7/c1-30(2,3)40-27(35)18-32-14-16-33(17-15-32)26(34)13-12-25(28(36)37)31-29(38)39-19-24-22-10-6-4-8-20(22)21-9-5-7-11-23(21)24/h4-11,24-26,34H,12-19H2,1-3H3,(H,31,38)(H,36,37)/t25-,26?/m0/s1. The van der Waals surface area contributed by atoms with Gasteiger partial charge in [0.2, 0.25) is 0 Å². The van der Waals surface area contributed by atoms with Crippen LogP contribution in [0.2, 0.25) is 0 Å². The number of benzene rings is 2. The maximum Gasteiger partial charge on any atom is 0.407 e. The Morgan fingerprint density at radius 2 is 1.52 bits per heavy atom. The van der Waals surface area contributed by atoms with Gasteiger partial charge in [0.25, 0.3) is 0 Å². The summed E-state index contributed by atoms with van der Waals surface area (Å²) < 4.78 is 10.9. The molecule has 10 nitrogen and oxygen atoms in total. The number of hydrogen-bond donors (Lipinski definition) is 3. The Kier molecular flexibility index (Phi) is 9.44. The number of esters is 1. The number of aliphatic hydroxyl groups is 1. The summed E-state index contributed by atoms with van der Waals surface area (Å²) in [7, 11) is 0. The van der Waals surface area contributed by atoms with E-state index in [9.17, 15) is 24.6 Å². The highest BCUT2D eigenvalue weighted by atomic mass is 16.6. The van der Waals surface area contributed by atoms with Crippen LogP contribution in [0.1, 0.15) is 50.7 Å². The SMILES string of the molecule is CC(C)(C)OC(=O)CN1CCN(C(O)CC[C@H](NC(=O)OCC2c3ccccc3-c3ccccc32)C(=O)O)CC1. The van der Waals surface area contributed by atoms with E-state index in [1.165, 1.54) is 0 Å². The van der Waals surface area contributed by atoms with E-state index >= 15 is 0 Å². The Bertz CT molecular complexity index is 1160. The van der Waals surface area contributed by atoms with Gasteiger partial charge in [-0.3, -0.25) is 14.6 Å². The average Bonchev–Trinajstić information content (AvgIpc) is 3.22. The van der Waals surface area contributed by atoms with E-state index in [1.54, 1.807) is 0 Å². The second-order valence-electron chi connectivity index (χ2n) is 11.3. The van der Waals surface area contributed by atoms with Crippen LogP contribution >= 0.6 is 0 Å². The van der Waals surface area contributed by atoms with Gasteiger partial charge < -0.3 is 25.0 Å². The lowest BCUT2D eigenvalue weighted by molar-refractivity contribution is -0.156. The zero-order valence-corrected chi connectivity index (χ0v) is 23.3.